The van der Waals surface area contributed by atoms with Crippen molar-refractivity contribution in [3.05, 3.63) is 35.6 Å². The fourth-order valence-electron chi connectivity index (χ4n) is 2.67. The summed E-state index contributed by atoms with van der Waals surface area (Å²) < 4.78 is 18.3. The smallest absolute Gasteiger partial charge is 0.407 e. The minimum atomic E-state index is -0.560. The molecular formula is C20H31FN2O3. The summed E-state index contributed by atoms with van der Waals surface area (Å²) in [6.07, 6.45) is 0.637. The molecule has 146 valence electrons. The number of halogens is 1. The fourth-order valence-corrected chi connectivity index (χ4v) is 2.67. The van der Waals surface area contributed by atoms with Gasteiger partial charge in [0.15, 0.2) is 0 Å². The molecule has 1 aromatic carbocycles. The van der Waals surface area contributed by atoms with Crippen LogP contribution in [0, 0.1) is 5.82 Å². The first kappa shape index (κ1) is 21.9. The molecule has 1 rings (SSSR count). The van der Waals surface area contributed by atoms with Crippen LogP contribution >= 0.6 is 0 Å². The lowest BCUT2D eigenvalue weighted by atomic mass is 9.92. The van der Waals surface area contributed by atoms with Crippen LogP contribution in [0.25, 0.3) is 0 Å². The van der Waals surface area contributed by atoms with Crippen molar-refractivity contribution in [3.8, 4) is 0 Å². The molecule has 2 amide bonds. The van der Waals surface area contributed by atoms with Gasteiger partial charge < -0.3 is 15.0 Å². The predicted octanol–water partition coefficient (Wildman–Crippen LogP) is 4.08. The van der Waals surface area contributed by atoms with Gasteiger partial charge in [0.2, 0.25) is 5.91 Å². The third-order valence-corrected chi connectivity index (χ3v) is 3.99. The van der Waals surface area contributed by atoms with Gasteiger partial charge in [-0.15, -0.1) is 0 Å². The number of ether oxygens (including phenoxy) is 1. The second-order valence-corrected chi connectivity index (χ2v) is 7.68. The van der Waals surface area contributed by atoms with Crippen LogP contribution in [0.4, 0.5) is 9.18 Å². The van der Waals surface area contributed by atoms with Crippen LogP contribution < -0.4 is 5.32 Å². The highest BCUT2D eigenvalue weighted by Crippen LogP contribution is 2.24. The quantitative estimate of drug-likeness (QED) is 0.791. The van der Waals surface area contributed by atoms with E-state index in [1.807, 2.05) is 13.8 Å². The number of rotatable bonds is 7. The number of hydrogen-bond acceptors (Lipinski definition) is 3. The topological polar surface area (TPSA) is 58.6 Å². The van der Waals surface area contributed by atoms with E-state index in [-0.39, 0.29) is 23.7 Å². The van der Waals surface area contributed by atoms with Crippen LogP contribution in [0.1, 0.15) is 58.9 Å². The van der Waals surface area contributed by atoms with E-state index in [9.17, 15) is 14.0 Å². The maximum atomic E-state index is 13.1. The number of nitrogens with zero attached hydrogens (tertiary/aromatic N) is 1. The average molecular weight is 366 g/mol. The summed E-state index contributed by atoms with van der Waals surface area (Å²) in [7, 11) is 1.72. The maximum Gasteiger partial charge on any atom is 0.407 e. The molecule has 2 atom stereocenters. The van der Waals surface area contributed by atoms with Crippen LogP contribution in [0.15, 0.2) is 24.3 Å². The van der Waals surface area contributed by atoms with Gasteiger partial charge in [-0.1, -0.05) is 19.1 Å². The van der Waals surface area contributed by atoms with E-state index in [1.54, 1.807) is 44.9 Å². The van der Waals surface area contributed by atoms with Crippen LogP contribution in [-0.2, 0) is 9.53 Å². The Morgan fingerprint density at radius 1 is 1.23 bits per heavy atom. The zero-order chi connectivity index (χ0) is 19.9. The Balaban J connectivity index is 2.55. The minimum Gasteiger partial charge on any atom is -0.444 e. The molecule has 0 saturated heterocycles. The van der Waals surface area contributed by atoms with Gasteiger partial charge in [0.05, 0.1) is 0 Å². The molecule has 5 nitrogen and oxygen atoms in total. The number of hydrogen-bond donors (Lipinski definition) is 1. The summed E-state index contributed by atoms with van der Waals surface area (Å²) in [5, 5.41) is 2.73. The van der Waals surface area contributed by atoms with Crippen LogP contribution in [0.3, 0.4) is 0 Å². The zero-order valence-corrected chi connectivity index (χ0v) is 16.6. The van der Waals surface area contributed by atoms with E-state index in [1.165, 1.54) is 12.1 Å². The van der Waals surface area contributed by atoms with Crippen molar-refractivity contribution in [2.75, 3.05) is 13.6 Å². The number of likely N-dealkylation sites (N-methyl/N-ethyl adjacent to an activating group) is 1. The lowest BCUT2D eigenvalue weighted by Gasteiger charge is -2.26. The van der Waals surface area contributed by atoms with Gasteiger partial charge >= 0.3 is 6.09 Å². The Hall–Kier alpha value is -2.11. The molecular weight excluding hydrogens is 335 g/mol. The molecule has 1 aromatic rings. The van der Waals surface area contributed by atoms with Crippen molar-refractivity contribution in [1.82, 2.24) is 10.2 Å². The first-order chi connectivity index (χ1) is 12.0. The van der Waals surface area contributed by atoms with Gasteiger partial charge in [-0.05, 0) is 57.7 Å². The second-order valence-electron chi connectivity index (χ2n) is 7.68. The molecule has 0 aliphatic carbocycles. The summed E-state index contributed by atoms with van der Waals surface area (Å²) in [6, 6.07) is 6.05. The molecule has 0 heterocycles. The highest BCUT2D eigenvalue weighted by Gasteiger charge is 2.21. The van der Waals surface area contributed by atoms with E-state index >= 15 is 0 Å². The van der Waals surface area contributed by atoms with Gasteiger partial charge in [-0.25, -0.2) is 9.18 Å². The third kappa shape index (κ3) is 7.85. The molecule has 0 spiro atoms. The highest BCUT2D eigenvalue weighted by molar-refractivity contribution is 5.77. The lowest BCUT2D eigenvalue weighted by Crippen LogP contribution is -2.44. The molecule has 2 unspecified atom stereocenters. The molecule has 6 heteroatoms. The van der Waals surface area contributed by atoms with E-state index < -0.39 is 11.7 Å². The van der Waals surface area contributed by atoms with Crippen molar-refractivity contribution in [1.29, 1.82) is 0 Å². The molecule has 0 aliphatic heterocycles. The predicted molar refractivity (Wildman–Crippen MR) is 101 cm³/mol. The second kappa shape index (κ2) is 9.55. The van der Waals surface area contributed by atoms with Crippen molar-refractivity contribution >= 4 is 12.0 Å². The highest BCUT2D eigenvalue weighted by atomic mass is 19.1. The first-order valence-electron chi connectivity index (χ1n) is 9.00. The van der Waals surface area contributed by atoms with Gasteiger partial charge in [0.1, 0.15) is 11.4 Å². The first-order valence-corrected chi connectivity index (χ1v) is 9.00. The monoisotopic (exact) mass is 366 g/mol. The van der Waals surface area contributed by atoms with Gasteiger partial charge in [0, 0.05) is 26.1 Å². The number of nitrogens with one attached hydrogen (secondary N) is 1. The third-order valence-electron chi connectivity index (χ3n) is 3.99. The van der Waals surface area contributed by atoms with Crippen molar-refractivity contribution in [2.45, 2.75) is 65.0 Å². The summed E-state index contributed by atoms with van der Waals surface area (Å²) in [4.78, 5) is 25.9. The molecule has 0 bridgehead atoms. The Bertz CT molecular complexity index is 596. The Morgan fingerprint density at radius 2 is 1.81 bits per heavy atom. The Kier molecular flexibility index (Phi) is 8.06. The molecule has 1 N–H and O–H groups in total. The van der Waals surface area contributed by atoms with Gasteiger partial charge in [0.25, 0.3) is 0 Å². The number of amides is 2. The molecule has 26 heavy (non-hydrogen) atoms. The Morgan fingerprint density at radius 3 is 2.31 bits per heavy atom. The number of carbonyl (C=O) groups is 2. The van der Waals surface area contributed by atoms with Crippen LogP contribution in [0.2, 0.25) is 0 Å². The van der Waals surface area contributed by atoms with Crippen molar-refractivity contribution in [3.63, 3.8) is 0 Å². The lowest BCUT2D eigenvalue weighted by molar-refractivity contribution is -0.130. The van der Waals surface area contributed by atoms with Gasteiger partial charge in [-0.3, -0.25) is 4.79 Å². The minimum absolute atomic E-state index is 0.0148. The number of carbonyl (C=O) groups excluding carboxylic acids is 2. The molecule has 0 aliphatic rings. The van der Waals surface area contributed by atoms with E-state index in [4.69, 9.17) is 4.74 Å². The molecule has 0 radical (unpaired) electrons. The average Bonchev–Trinajstić information content (AvgIpc) is 2.51. The van der Waals surface area contributed by atoms with E-state index in [0.717, 1.165) is 12.0 Å². The molecule has 0 saturated carbocycles. The summed E-state index contributed by atoms with van der Waals surface area (Å²) in [6.45, 7) is 9.62. The van der Waals surface area contributed by atoms with Crippen molar-refractivity contribution < 1.29 is 18.7 Å². The van der Waals surface area contributed by atoms with Crippen LogP contribution in [0.5, 0.6) is 0 Å². The van der Waals surface area contributed by atoms with Crippen LogP contribution in [-0.4, -0.2) is 42.1 Å². The summed E-state index contributed by atoms with van der Waals surface area (Å²) >= 11 is 0. The zero-order valence-electron chi connectivity index (χ0n) is 16.6. The molecule has 0 fully saturated rings. The summed E-state index contributed by atoms with van der Waals surface area (Å²) in [5.41, 5.74) is 0.394. The normalized spacial score (nSPS) is 13.7. The summed E-state index contributed by atoms with van der Waals surface area (Å²) in [5.74, 6) is -0.257. The molecule has 0 aromatic heterocycles. The number of benzene rings is 1. The van der Waals surface area contributed by atoms with E-state index in [2.05, 4.69) is 5.32 Å². The van der Waals surface area contributed by atoms with Crippen molar-refractivity contribution in [2.24, 2.45) is 0 Å². The fraction of sp³-hybridized carbons (Fsp3) is 0.600. The number of alkyl carbamates (subject to hydrolysis) is 1. The standard InChI is InChI=1S/C20H31FN2O3/c1-7-15(16-8-10-17(21)11-9-16)12-18(24)23(6)13-14(2)22-19(25)26-20(3,4)5/h8-11,14-15H,7,12-13H2,1-6H3,(H,22,25). The largest absolute Gasteiger partial charge is 0.444 e. The Labute approximate surface area is 155 Å². The van der Waals surface area contributed by atoms with E-state index in [0.29, 0.717) is 13.0 Å². The maximum absolute atomic E-state index is 13.1. The van der Waals surface area contributed by atoms with Gasteiger partial charge in [-0.2, -0.15) is 0 Å². The SMILES string of the molecule is CCC(CC(=O)N(C)CC(C)NC(=O)OC(C)(C)C)c1ccc(F)cc1.